The number of halogens is 4. The van der Waals surface area contributed by atoms with E-state index >= 15 is 0 Å². The number of hydrogen-bond acceptors (Lipinski definition) is 6. The van der Waals surface area contributed by atoms with Gasteiger partial charge in [0.1, 0.15) is 60.1 Å². The van der Waals surface area contributed by atoms with Crippen LogP contribution in [-0.2, 0) is 29.0 Å². The average Bonchev–Trinajstić information content (AvgIpc) is 3.34. The van der Waals surface area contributed by atoms with Crippen molar-refractivity contribution in [2.75, 3.05) is 0 Å². The lowest BCUT2D eigenvalue weighted by atomic mass is 9.86. The Bertz CT molecular complexity index is 1860. The summed E-state index contributed by atoms with van der Waals surface area (Å²) in [5.74, 6) is -1.26. The highest BCUT2D eigenvalue weighted by atomic mass is 35.5. The highest BCUT2D eigenvalue weighted by Gasteiger charge is 2.59. The third kappa shape index (κ3) is 6.37. The molecule has 0 bridgehead atoms. The molecule has 1 saturated heterocycles. The molecule has 3 unspecified atom stereocenters. The quantitative estimate of drug-likeness (QED) is 0.200. The maximum Gasteiger partial charge on any atom is 0.144 e. The Morgan fingerprint density at radius 3 is 2.00 bits per heavy atom. The van der Waals surface area contributed by atoms with E-state index in [4.69, 9.17) is 16.3 Å². The van der Waals surface area contributed by atoms with Gasteiger partial charge in [-0.3, -0.25) is 0 Å². The van der Waals surface area contributed by atoms with Gasteiger partial charge in [-0.15, -0.1) is 0 Å². The summed E-state index contributed by atoms with van der Waals surface area (Å²) in [6.45, 7) is 0.439. The summed E-state index contributed by atoms with van der Waals surface area (Å²) in [5.41, 5.74) is -0.0383. The van der Waals surface area contributed by atoms with Crippen LogP contribution in [0.5, 0.6) is 0 Å². The van der Waals surface area contributed by atoms with Gasteiger partial charge >= 0.3 is 0 Å². The molecule has 228 valence electrons. The van der Waals surface area contributed by atoms with E-state index in [2.05, 4.69) is 20.2 Å². The molecule has 1 aliphatic heterocycles. The Labute approximate surface area is 261 Å². The van der Waals surface area contributed by atoms with Crippen LogP contribution in [0.2, 0.25) is 5.02 Å². The molecule has 0 amide bonds. The van der Waals surface area contributed by atoms with E-state index in [1.807, 2.05) is 24.3 Å². The van der Waals surface area contributed by atoms with Crippen LogP contribution >= 0.6 is 11.6 Å². The zero-order valence-electron chi connectivity index (χ0n) is 23.6. The van der Waals surface area contributed by atoms with Gasteiger partial charge in [0.25, 0.3) is 0 Å². The molecule has 0 aliphatic carbocycles. The van der Waals surface area contributed by atoms with Gasteiger partial charge in [-0.25, -0.2) is 32.5 Å². The highest BCUT2D eigenvalue weighted by Crippen LogP contribution is 2.59. The van der Waals surface area contributed by atoms with Crippen LogP contribution in [0.1, 0.15) is 28.4 Å². The summed E-state index contributed by atoms with van der Waals surface area (Å²) in [7, 11) is 0. The number of nitrogens with zero attached hydrogens (tertiary/aromatic N) is 6. The number of ether oxygens (including phenoxy) is 1. The third-order valence-electron chi connectivity index (χ3n) is 7.58. The van der Waals surface area contributed by atoms with Crippen molar-refractivity contribution in [3.63, 3.8) is 0 Å². The maximum absolute atomic E-state index is 14.2. The fraction of sp³-hybridized carbons (Fsp3) is 0.152. The molecule has 0 spiro atoms. The minimum atomic E-state index is -1.69. The van der Waals surface area contributed by atoms with Gasteiger partial charge in [0.15, 0.2) is 0 Å². The molecule has 3 heterocycles. The summed E-state index contributed by atoms with van der Waals surface area (Å²) in [6, 6.07) is 25.2. The number of aromatic nitrogens is 6. The van der Waals surface area contributed by atoms with Crippen LogP contribution in [0.3, 0.4) is 0 Å². The summed E-state index contributed by atoms with van der Waals surface area (Å²) in [6.07, 6.45) is 5.66. The lowest BCUT2D eigenvalue weighted by Crippen LogP contribution is -2.34. The number of rotatable bonds is 8. The van der Waals surface area contributed by atoms with Gasteiger partial charge in [-0.2, -0.15) is 10.2 Å². The molecule has 8 nitrogen and oxygen atoms in total. The molecule has 0 radical (unpaired) electrons. The number of aliphatic hydroxyl groups is 1. The van der Waals surface area contributed by atoms with Gasteiger partial charge in [0, 0.05) is 16.1 Å². The first-order valence-corrected chi connectivity index (χ1v) is 14.2. The highest BCUT2D eigenvalue weighted by molar-refractivity contribution is 6.31. The minimum Gasteiger partial charge on any atom is -0.378 e. The molecular weight excluding hydrogens is 605 g/mol. The van der Waals surface area contributed by atoms with E-state index in [1.54, 1.807) is 35.3 Å². The SMILES string of the molecule is Fc1ccc(C2(Cn3cncn3)OC2c2ccccc2Cl)cc1.OC(Cn1cncn1)(c1ccc(F)cc1)c1ccccc1F. The van der Waals surface area contributed by atoms with E-state index in [9.17, 15) is 18.3 Å². The van der Waals surface area contributed by atoms with Crippen LogP contribution in [-0.4, -0.2) is 34.6 Å². The second-order valence-corrected chi connectivity index (χ2v) is 10.9. The number of epoxide rings is 1. The van der Waals surface area contributed by atoms with E-state index in [0.29, 0.717) is 17.1 Å². The first-order chi connectivity index (χ1) is 21.8. The zero-order valence-corrected chi connectivity index (χ0v) is 24.3. The van der Waals surface area contributed by atoms with Gasteiger partial charge < -0.3 is 9.84 Å². The van der Waals surface area contributed by atoms with Crippen molar-refractivity contribution in [1.82, 2.24) is 29.5 Å². The van der Waals surface area contributed by atoms with Crippen LogP contribution in [0, 0.1) is 17.5 Å². The third-order valence-corrected chi connectivity index (χ3v) is 7.92. The predicted octanol–water partition coefficient (Wildman–Crippen LogP) is 6.23. The lowest BCUT2D eigenvalue weighted by Gasteiger charge is -2.29. The molecule has 0 saturated carbocycles. The minimum absolute atomic E-state index is 0.0421. The Morgan fingerprint density at radius 1 is 0.778 bits per heavy atom. The van der Waals surface area contributed by atoms with Crippen molar-refractivity contribution in [3.8, 4) is 0 Å². The zero-order chi connectivity index (χ0) is 31.4. The largest absolute Gasteiger partial charge is 0.378 e. The normalized spacial score (nSPS) is 18.5. The van der Waals surface area contributed by atoms with Crippen molar-refractivity contribution in [2.45, 2.75) is 30.4 Å². The summed E-state index contributed by atoms with van der Waals surface area (Å²) in [4.78, 5) is 7.78. The summed E-state index contributed by atoms with van der Waals surface area (Å²) < 4.78 is 49.8. The summed E-state index contributed by atoms with van der Waals surface area (Å²) >= 11 is 6.31. The monoisotopic (exact) mass is 630 g/mol. The molecule has 1 aliphatic rings. The molecular formula is C33H26ClF3N6O2. The maximum atomic E-state index is 14.2. The number of hydrogen-bond donors (Lipinski definition) is 1. The second-order valence-electron chi connectivity index (χ2n) is 10.4. The van der Waals surface area contributed by atoms with Gasteiger partial charge in [0.05, 0.1) is 13.1 Å². The van der Waals surface area contributed by atoms with E-state index in [-0.39, 0.29) is 24.0 Å². The van der Waals surface area contributed by atoms with Crippen LogP contribution in [0.4, 0.5) is 13.2 Å². The molecule has 1 fully saturated rings. The number of benzene rings is 4. The Kier molecular flexibility index (Phi) is 8.48. The summed E-state index contributed by atoms with van der Waals surface area (Å²) in [5, 5.41) is 19.9. The molecule has 3 atom stereocenters. The molecule has 6 aromatic rings. The Balaban J connectivity index is 0.000000159. The van der Waals surface area contributed by atoms with Crippen LogP contribution < -0.4 is 0 Å². The topological polar surface area (TPSA) is 94.2 Å². The van der Waals surface area contributed by atoms with Crippen LogP contribution in [0.15, 0.2) is 122 Å². The van der Waals surface area contributed by atoms with E-state index < -0.39 is 22.8 Å². The van der Waals surface area contributed by atoms with Crippen molar-refractivity contribution >= 4 is 11.6 Å². The molecule has 7 rings (SSSR count). The second kappa shape index (κ2) is 12.6. The first kappa shape index (κ1) is 30.2. The Hall–Kier alpha value is -4.84. The van der Waals surface area contributed by atoms with Crippen molar-refractivity contribution in [2.24, 2.45) is 0 Å². The molecule has 45 heavy (non-hydrogen) atoms. The lowest BCUT2D eigenvalue weighted by molar-refractivity contribution is 0.0535. The van der Waals surface area contributed by atoms with E-state index in [1.165, 1.54) is 72.2 Å². The molecule has 2 aromatic heterocycles. The fourth-order valence-electron chi connectivity index (χ4n) is 5.30. The average molecular weight is 631 g/mol. The first-order valence-electron chi connectivity index (χ1n) is 13.8. The Morgan fingerprint density at radius 2 is 1.38 bits per heavy atom. The van der Waals surface area contributed by atoms with Crippen molar-refractivity contribution in [1.29, 1.82) is 0 Å². The van der Waals surface area contributed by atoms with Gasteiger partial charge in [-0.1, -0.05) is 72.3 Å². The fourth-order valence-corrected chi connectivity index (χ4v) is 5.53. The van der Waals surface area contributed by atoms with Crippen molar-refractivity contribution < 1.29 is 23.0 Å². The smallest absolute Gasteiger partial charge is 0.144 e. The van der Waals surface area contributed by atoms with E-state index in [0.717, 1.165) is 11.1 Å². The molecule has 12 heteroatoms. The molecule has 4 aromatic carbocycles. The van der Waals surface area contributed by atoms with Crippen LogP contribution in [0.25, 0.3) is 0 Å². The van der Waals surface area contributed by atoms with Gasteiger partial charge in [-0.05, 0) is 47.5 Å². The predicted molar refractivity (Wildman–Crippen MR) is 159 cm³/mol. The van der Waals surface area contributed by atoms with Crippen molar-refractivity contribution in [3.05, 3.63) is 167 Å². The standard InChI is InChI=1S/C17H13ClFN3O.C16H13F2N3O/c18-15-4-2-1-3-14(15)16-17(23-16,9-22-11-20-10-21-22)12-5-7-13(19)8-6-12;17-13-7-5-12(6-8-13)16(22,9-21-11-19-10-20-21)14-3-1-2-4-15(14)18/h1-8,10-11,16H,9H2;1-8,10-11,22H,9H2. The molecule has 1 N–H and O–H groups in total. The van der Waals surface area contributed by atoms with Gasteiger partial charge in [0.2, 0.25) is 0 Å².